The third-order valence-electron chi connectivity index (χ3n) is 2.72. The van der Waals surface area contributed by atoms with Crippen LogP contribution >= 0.6 is 0 Å². The van der Waals surface area contributed by atoms with E-state index in [1.54, 1.807) is 0 Å². The van der Waals surface area contributed by atoms with Gasteiger partial charge in [-0.05, 0) is 24.2 Å². The van der Waals surface area contributed by atoms with Crippen LogP contribution in [-0.2, 0) is 13.0 Å². The Hall–Kier alpha value is -0.990. The second-order valence-electron chi connectivity index (χ2n) is 6.01. The van der Waals surface area contributed by atoms with Crippen LogP contribution in [0, 0.1) is 11.8 Å². The summed E-state index contributed by atoms with van der Waals surface area (Å²) in [6.45, 7) is 13.7. The highest BCUT2D eigenvalue weighted by Gasteiger charge is 2.20. The van der Waals surface area contributed by atoms with Gasteiger partial charge in [-0.3, -0.25) is 4.68 Å². The van der Waals surface area contributed by atoms with Gasteiger partial charge in [0, 0.05) is 6.54 Å². The van der Waals surface area contributed by atoms with Crippen LogP contribution in [0.3, 0.4) is 0 Å². The summed E-state index contributed by atoms with van der Waals surface area (Å²) < 4.78 is 1.99. The van der Waals surface area contributed by atoms with Gasteiger partial charge in [-0.2, -0.15) is 5.10 Å². The molecule has 17 heavy (non-hydrogen) atoms. The fourth-order valence-corrected chi connectivity index (χ4v) is 2.10. The van der Waals surface area contributed by atoms with Gasteiger partial charge >= 0.3 is 0 Å². The van der Waals surface area contributed by atoms with Crippen molar-refractivity contribution in [3.05, 3.63) is 11.4 Å². The fraction of sp³-hybridized carbons (Fsp3) is 0.786. The maximum Gasteiger partial charge on any atom is 0.160 e. The molecule has 3 heteroatoms. The quantitative estimate of drug-likeness (QED) is 0.851. The molecular formula is C14H26N2O. The van der Waals surface area contributed by atoms with Crippen LogP contribution in [0.2, 0.25) is 0 Å². The van der Waals surface area contributed by atoms with E-state index >= 15 is 0 Å². The van der Waals surface area contributed by atoms with Crippen LogP contribution < -0.4 is 0 Å². The smallest absolute Gasteiger partial charge is 0.160 e. The molecule has 1 rings (SSSR count). The molecule has 0 radical (unpaired) electrons. The Bertz CT molecular complexity index is 365. The number of aromatic hydroxyl groups is 1. The van der Waals surface area contributed by atoms with Crippen molar-refractivity contribution in [1.82, 2.24) is 9.78 Å². The topological polar surface area (TPSA) is 38.0 Å². The minimum absolute atomic E-state index is 0.308. The SMILES string of the molecule is CC(C)Cc1nn(CC(C)C)c(C(C)C)c1O. The lowest BCUT2D eigenvalue weighted by atomic mass is 10.0. The molecule has 1 aromatic heterocycles. The van der Waals surface area contributed by atoms with E-state index in [4.69, 9.17) is 0 Å². The molecule has 0 fully saturated rings. The zero-order valence-corrected chi connectivity index (χ0v) is 12.0. The van der Waals surface area contributed by atoms with E-state index in [9.17, 15) is 5.11 Å². The van der Waals surface area contributed by atoms with E-state index < -0.39 is 0 Å². The Kier molecular flexibility index (Phi) is 4.61. The Morgan fingerprint density at radius 3 is 2.06 bits per heavy atom. The van der Waals surface area contributed by atoms with Crippen LogP contribution in [0.25, 0.3) is 0 Å². The summed E-state index contributed by atoms with van der Waals surface area (Å²) in [6.07, 6.45) is 0.844. The highest BCUT2D eigenvalue weighted by Crippen LogP contribution is 2.30. The van der Waals surface area contributed by atoms with Crippen molar-refractivity contribution in [2.24, 2.45) is 11.8 Å². The molecule has 0 aliphatic rings. The van der Waals surface area contributed by atoms with Crippen molar-refractivity contribution >= 4 is 0 Å². The molecule has 0 bridgehead atoms. The Morgan fingerprint density at radius 1 is 1.06 bits per heavy atom. The van der Waals surface area contributed by atoms with Gasteiger partial charge in [0.15, 0.2) is 5.75 Å². The lowest BCUT2D eigenvalue weighted by Gasteiger charge is -2.12. The fourth-order valence-electron chi connectivity index (χ4n) is 2.10. The molecule has 0 unspecified atom stereocenters. The van der Waals surface area contributed by atoms with Crippen LogP contribution in [0.15, 0.2) is 0 Å². The Balaban J connectivity index is 3.10. The number of rotatable bonds is 5. The van der Waals surface area contributed by atoms with Gasteiger partial charge in [0.2, 0.25) is 0 Å². The molecule has 0 aliphatic heterocycles. The van der Waals surface area contributed by atoms with Crippen LogP contribution in [-0.4, -0.2) is 14.9 Å². The van der Waals surface area contributed by atoms with Crippen molar-refractivity contribution in [2.45, 2.75) is 60.4 Å². The van der Waals surface area contributed by atoms with Gasteiger partial charge < -0.3 is 5.11 Å². The zero-order valence-electron chi connectivity index (χ0n) is 12.0. The van der Waals surface area contributed by atoms with Gasteiger partial charge in [-0.25, -0.2) is 0 Å². The molecule has 0 saturated heterocycles. The number of aromatic nitrogens is 2. The first-order valence-electron chi connectivity index (χ1n) is 6.61. The van der Waals surface area contributed by atoms with Gasteiger partial charge in [-0.1, -0.05) is 41.5 Å². The Morgan fingerprint density at radius 2 is 1.65 bits per heavy atom. The predicted octanol–water partition coefficient (Wildman–Crippen LogP) is 3.57. The first kappa shape index (κ1) is 14.1. The number of hydrogen-bond donors (Lipinski definition) is 1. The highest BCUT2D eigenvalue weighted by molar-refractivity contribution is 5.34. The van der Waals surface area contributed by atoms with Gasteiger partial charge in [-0.15, -0.1) is 0 Å². The lowest BCUT2D eigenvalue weighted by molar-refractivity contribution is 0.435. The summed E-state index contributed by atoms with van der Waals surface area (Å²) in [5.74, 6) is 1.78. The average Bonchev–Trinajstić information content (AvgIpc) is 2.40. The van der Waals surface area contributed by atoms with Crippen molar-refractivity contribution in [2.75, 3.05) is 0 Å². The van der Waals surface area contributed by atoms with Gasteiger partial charge in [0.1, 0.15) is 5.69 Å². The predicted molar refractivity (Wildman–Crippen MR) is 71.4 cm³/mol. The molecule has 0 atom stereocenters. The Labute approximate surface area is 105 Å². The highest BCUT2D eigenvalue weighted by atomic mass is 16.3. The third kappa shape index (κ3) is 3.48. The van der Waals surface area contributed by atoms with E-state index in [2.05, 4.69) is 46.6 Å². The molecule has 1 N–H and O–H groups in total. The summed E-state index contributed by atoms with van der Waals surface area (Å²) >= 11 is 0. The second-order valence-corrected chi connectivity index (χ2v) is 6.01. The van der Waals surface area contributed by atoms with Crippen molar-refractivity contribution in [3.63, 3.8) is 0 Å². The molecule has 1 heterocycles. The summed E-state index contributed by atoms with van der Waals surface area (Å²) in [4.78, 5) is 0. The minimum Gasteiger partial charge on any atom is -0.504 e. The standard InChI is InChI=1S/C14H26N2O/c1-9(2)7-12-14(17)13(11(5)6)16(15-12)8-10(3)4/h9-11,17H,7-8H2,1-6H3. The molecule has 0 aliphatic carbocycles. The molecular weight excluding hydrogens is 212 g/mol. The molecule has 0 saturated carbocycles. The molecule has 1 aromatic rings. The molecule has 0 amide bonds. The number of hydrogen-bond acceptors (Lipinski definition) is 2. The van der Waals surface area contributed by atoms with E-state index in [0.717, 1.165) is 24.4 Å². The maximum atomic E-state index is 10.3. The zero-order chi connectivity index (χ0) is 13.2. The van der Waals surface area contributed by atoms with Gasteiger partial charge in [0.25, 0.3) is 0 Å². The van der Waals surface area contributed by atoms with E-state index in [-0.39, 0.29) is 0 Å². The van der Waals surface area contributed by atoms with Crippen molar-refractivity contribution < 1.29 is 5.11 Å². The second kappa shape index (κ2) is 5.56. The summed E-state index contributed by atoms with van der Waals surface area (Å²) in [5.41, 5.74) is 1.83. The number of nitrogens with zero attached hydrogens (tertiary/aromatic N) is 2. The van der Waals surface area contributed by atoms with Crippen LogP contribution in [0.1, 0.15) is 58.8 Å². The lowest BCUT2D eigenvalue weighted by Crippen LogP contribution is -2.11. The molecule has 3 nitrogen and oxygen atoms in total. The van der Waals surface area contributed by atoms with Crippen molar-refractivity contribution in [3.8, 4) is 5.75 Å². The van der Waals surface area contributed by atoms with E-state index in [1.165, 1.54) is 0 Å². The molecule has 0 spiro atoms. The largest absolute Gasteiger partial charge is 0.504 e. The van der Waals surface area contributed by atoms with E-state index in [1.807, 2.05) is 4.68 Å². The third-order valence-corrected chi connectivity index (χ3v) is 2.72. The summed E-state index contributed by atoms with van der Waals surface area (Å²) in [5, 5.41) is 14.8. The summed E-state index contributed by atoms with van der Waals surface area (Å²) in [7, 11) is 0. The maximum absolute atomic E-state index is 10.3. The molecule has 98 valence electrons. The van der Waals surface area contributed by atoms with Crippen LogP contribution in [0.4, 0.5) is 0 Å². The molecule has 0 aromatic carbocycles. The first-order chi connectivity index (χ1) is 7.82. The minimum atomic E-state index is 0.308. The van der Waals surface area contributed by atoms with Crippen molar-refractivity contribution in [1.29, 1.82) is 0 Å². The normalized spacial score (nSPS) is 12.1. The van der Waals surface area contributed by atoms with Crippen LogP contribution in [0.5, 0.6) is 5.75 Å². The van der Waals surface area contributed by atoms with Gasteiger partial charge in [0.05, 0.1) is 5.69 Å². The monoisotopic (exact) mass is 238 g/mol. The summed E-state index contributed by atoms with van der Waals surface area (Å²) in [6, 6.07) is 0. The first-order valence-corrected chi connectivity index (χ1v) is 6.61. The average molecular weight is 238 g/mol. The van der Waals surface area contributed by atoms with E-state index in [0.29, 0.717) is 23.5 Å².